The lowest BCUT2D eigenvalue weighted by atomic mass is 10.0. The van der Waals surface area contributed by atoms with Gasteiger partial charge in [-0.25, -0.2) is 4.79 Å². The largest absolute Gasteiger partial charge is 0.465 e. The lowest BCUT2D eigenvalue weighted by Crippen LogP contribution is -2.47. The number of carbonyl (C=O) groups is 3. The van der Waals surface area contributed by atoms with Crippen molar-refractivity contribution in [3.8, 4) is 0 Å². The number of benzene rings is 2. The highest BCUT2D eigenvalue weighted by atomic mass is 16.4. The van der Waals surface area contributed by atoms with Crippen molar-refractivity contribution in [2.24, 2.45) is 0 Å². The smallest absolute Gasteiger partial charge is 0.407 e. The number of rotatable bonds is 5. The Hall–Kier alpha value is -3.15. The van der Waals surface area contributed by atoms with E-state index in [1.54, 1.807) is 24.3 Å². The van der Waals surface area contributed by atoms with E-state index in [1.807, 2.05) is 30.3 Å². The predicted octanol–water partition coefficient (Wildman–Crippen LogP) is 2.50. The summed E-state index contributed by atoms with van der Waals surface area (Å²) in [5.41, 5.74) is 1.67. The molecule has 0 saturated carbocycles. The molecular formula is C19H18N2O4. The molecule has 1 heterocycles. The molecule has 128 valence electrons. The van der Waals surface area contributed by atoms with Crippen LogP contribution < -0.4 is 0 Å². The van der Waals surface area contributed by atoms with Crippen LogP contribution in [0.3, 0.4) is 0 Å². The number of imide groups is 1. The van der Waals surface area contributed by atoms with E-state index >= 15 is 0 Å². The van der Waals surface area contributed by atoms with Crippen molar-refractivity contribution in [3.63, 3.8) is 0 Å². The molecule has 25 heavy (non-hydrogen) atoms. The maximum absolute atomic E-state index is 12.5. The molecular weight excluding hydrogens is 320 g/mol. The fourth-order valence-corrected chi connectivity index (χ4v) is 2.98. The Labute approximate surface area is 145 Å². The van der Waals surface area contributed by atoms with Crippen LogP contribution in [0.5, 0.6) is 0 Å². The number of hydrogen-bond donors (Lipinski definition) is 1. The van der Waals surface area contributed by atoms with Gasteiger partial charge in [-0.05, 0) is 24.1 Å². The van der Waals surface area contributed by atoms with Crippen molar-refractivity contribution in [3.05, 3.63) is 71.3 Å². The monoisotopic (exact) mass is 338 g/mol. The number of nitrogens with zero attached hydrogens (tertiary/aromatic N) is 2. The molecule has 6 heteroatoms. The van der Waals surface area contributed by atoms with Crippen LogP contribution in [0.25, 0.3) is 0 Å². The SMILES string of the molecule is CN(C(=O)O)C(Cc1ccccc1)CN1C(=O)c2ccccc2C1=O. The van der Waals surface area contributed by atoms with Crippen molar-refractivity contribution in [1.82, 2.24) is 9.80 Å². The quantitative estimate of drug-likeness (QED) is 0.850. The van der Waals surface area contributed by atoms with Gasteiger partial charge in [0.25, 0.3) is 11.8 Å². The number of likely N-dealkylation sites (N-methyl/N-ethyl adjacent to an activating group) is 1. The Morgan fingerprint density at radius 3 is 2.04 bits per heavy atom. The Morgan fingerprint density at radius 2 is 1.52 bits per heavy atom. The Balaban J connectivity index is 1.85. The molecule has 0 bridgehead atoms. The molecule has 0 aliphatic carbocycles. The molecule has 0 saturated heterocycles. The minimum absolute atomic E-state index is 0.0179. The van der Waals surface area contributed by atoms with Crippen LogP contribution >= 0.6 is 0 Å². The van der Waals surface area contributed by atoms with E-state index in [2.05, 4.69) is 0 Å². The second-order valence-corrected chi connectivity index (χ2v) is 6.00. The van der Waals surface area contributed by atoms with Crippen LogP contribution in [0.15, 0.2) is 54.6 Å². The minimum atomic E-state index is -1.10. The first kappa shape index (κ1) is 16.7. The van der Waals surface area contributed by atoms with Crippen LogP contribution in [0.1, 0.15) is 26.3 Å². The van der Waals surface area contributed by atoms with E-state index in [0.717, 1.165) is 15.4 Å². The number of fused-ring (bicyclic) bond motifs is 1. The summed E-state index contributed by atoms with van der Waals surface area (Å²) in [7, 11) is 1.45. The molecule has 3 rings (SSSR count). The van der Waals surface area contributed by atoms with Gasteiger partial charge in [0.15, 0.2) is 0 Å². The standard InChI is InChI=1S/C19H18N2O4/c1-20(19(24)25)14(11-13-7-3-2-4-8-13)12-21-17(22)15-9-5-6-10-16(15)18(21)23/h2-10,14H,11-12H2,1H3,(H,24,25). The van der Waals surface area contributed by atoms with Crippen LogP contribution in [-0.2, 0) is 6.42 Å². The van der Waals surface area contributed by atoms with Crippen LogP contribution in [-0.4, -0.2) is 52.4 Å². The highest BCUT2D eigenvalue weighted by Crippen LogP contribution is 2.23. The topological polar surface area (TPSA) is 77.9 Å². The highest BCUT2D eigenvalue weighted by Gasteiger charge is 2.37. The van der Waals surface area contributed by atoms with Crippen molar-refractivity contribution in [1.29, 1.82) is 0 Å². The predicted molar refractivity (Wildman–Crippen MR) is 91.5 cm³/mol. The Bertz CT molecular complexity index is 784. The van der Waals surface area contributed by atoms with E-state index in [1.165, 1.54) is 7.05 Å². The number of hydrogen-bond acceptors (Lipinski definition) is 3. The second-order valence-electron chi connectivity index (χ2n) is 6.00. The molecule has 1 N–H and O–H groups in total. The lowest BCUT2D eigenvalue weighted by Gasteiger charge is -2.29. The van der Waals surface area contributed by atoms with E-state index < -0.39 is 12.1 Å². The van der Waals surface area contributed by atoms with Gasteiger partial charge in [-0.3, -0.25) is 14.5 Å². The molecule has 3 amide bonds. The average molecular weight is 338 g/mol. The molecule has 1 atom stereocenters. The first-order valence-electron chi connectivity index (χ1n) is 7.94. The molecule has 0 aromatic heterocycles. The van der Waals surface area contributed by atoms with Crippen molar-refractivity contribution in [2.45, 2.75) is 12.5 Å². The van der Waals surface area contributed by atoms with Crippen molar-refractivity contribution >= 4 is 17.9 Å². The molecule has 1 aliphatic heterocycles. The summed E-state index contributed by atoms with van der Waals surface area (Å²) >= 11 is 0. The van der Waals surface area contributed by atoms with Gasteiger partial charge in [0.2, 0.25) is 0 Å². The number of amides is 3. The third kappa shape index (κ3) is 3.24. The summed E-state index contributed by atoms with van der Waals surface area (Å²) in [5.74, 6) is -0.755. The van der Waals surface area contributed by atoms with Gasteiger partial charge >= 0.3 is 6.09 Å². The molecule has 2 aromatic carbocycles. The van der Waals surface area contributed by atoms with E-state index in [0.29, 0.717) is 17.5 Å². The average Bonchev–Trinajstić information content (AvgIpc) is 2.86. The first-order chi connectivity index (χ1) is 12.0. The highest BCUT2D eigenvalue weighted by molar-refractivity contribution is 6.21. The molecule has 0 radical (unpaired) electrons. The zero-order valence-electron chi connectivity index (χ0n) is 13.8. The summed E-state index contributed by atoms with van der Waals surface area (Å²) < 4.78 is 0. The number of carboxylic acid groups (broad SMARTS) is 1. The normalized spacial score (nSPS) is 14.4. The third-order valence-corrected chi connectivity index (χ3v) is 4.44. The molecule has 6 nitrogen and oxygen atoms in total. The fraction of sp³-hybridized carbons (Fsp3) is 0.211. The zero-order chi connectivity index (χ0) is 18.0. The van der Waals surface area contributed by atoms with E-state index in [-0.39, 0.29) is 18.4 Å². The summed E-state index contributed by atoms with van der Waals surface area (Å²) in [6.07, 6.45) is -0.686. The lowest BCUT2D eigenvalue weighted by molar-refractivity contribution is 0.0595. The van der Waals surface area contributed by atoms with Gasteiger partial charge < -0.3 is 10.0 Å². The molecule has 0 spiro atoms. The van der Waals surface area contributed by atoms with E-state index in [4.69, 9.17) is 0 Å². The van der Waals surface area contributed by atoms with Gasteiger partial charge in [0.1, 0.15) is 0 Å². The van der Waals surface area contributed by atoms with Crippen LogP contribution in [0, 0.1) is 0 Å². The maximum Gasteiger partial charge on any atom is 0.407 e. The summed E-state index contributed by atoms with van der Waals surface area (Å²) in [6, 6.07) is 15.5. The van der Waals surface area contributed by atoms with Crippen molar-refractivity contribution in [2.75, 3.05) is 13.6 Å². The van der Waals surface area contributed by atoms with Crippen LogP contribution in [0.4, 0.5) is 4.79 Å². The van der Waals surface area contributed by atoms with Crippen molar-refractivity contribution < 1.29 is 19.5 Å². The zero-order valence-corrected chi connectivity index (χ0v) is 13.8. The third-order valence-electron chi connectivity index (χ3n) is 4.44. The van der Waals surface area contributed by atoms with Crippen LogP contribution in [0.2, 0.25) is 0 Å². The van der Waals surface area contributed by atoms with Gasteiger partial charge in [-0.15, -0.1) is 0 Å². The number of carbonyl (C=O) groups excluding carboxylic acids is 2. The maximum atomic E-state index is 12.5. The minimum Gasteiger partial charge on any atom is -0.465 e. The molecule has 2 aromatic rings. The Kier molecular flexibility index (Phi) is 4.52. The van der Waals surface area contributed by atoms with Gasteiger partial charge in [-0.1, -0.05) is 42.5 Å². The molecule has 1 unspecified atom stereocenters. The second kappa shape index (κ2) is 6.76. The molecule has 0 fully saturated rings. The molecule has 1 aliphatic rings. The fourth-order valence-electron chi connectivity index (χ4n) is 2.98. The Morgan fingerprint density at radius 1 is 1.00 bits per heavy atom. The summed E-state index contributed by atoms with van der Waals surface area (Å²) in [5, 5.41) is 9.35. The van der Waals surface area contributed by atoms with Gasteiger partial charge in [-0.2, -0.15) is 0 Å². The summed E-state index contributed by atoms with van der Waals surface area (Å²) in [4.78, 5) is 38.8. The van der Waals surface area contributed by atoms with Gasteiger partial charge in [0, 0.05) is 7.05 Å². The summed E-state index contributed by atoms with van der Waals surface area (Å²) in [6.45, 7) is 0.0179. The van der Waals surface area contributed by atoms with Gasteiger partial charge in [0.05, 0.1) is 23.7 Å². The van der Waals surface area contributed by atoms with E-state index in [9.17, 15) is 19.5 Å². The first-order valence-corrected chi connectivity index (χ1v) is 7.94.